The number of hydrogen-bond donors (Lipinski definition) is 1. The third-order valence-corrected chi connectivity index (χ3v) is 2.42. The molecule has 0 fully saturated rings. The number of alkyl halides is 1. The van der Waals surface area contributed by atoms with Gasteiger partial charge in [0.25, 0.3) is 0 Å². The Morgan fingerprint density at radius 2 is 1.21 bits per heavy atom. The molecule has 0 aliphatic heterocycles. The smallest absolute Gasteiger partial charge is 0.00313 e. The van der Waals surface area contributed by atoms with Crippen molar-refractivity contribution in [2.24, 2.45) is 0 Å². The zero-order valence-corrected chi connectivity index (χ0v) is 12.4. The average molecular weight is 284 g/mol. The first-order valence-electron chi connectivity index (χ1n) is 5.43. The first-order valence-corrected chi connectivity index (χ1v) is 7.18. The van der Waals surface area contributed by atoms with Crippen molar-refractivity contribution in [3.63, 3.8) is 0 Å². The molecule has 0 saturated carbocycles. The molecule has 0 aromatic rings. The molecule has 0 saturated heterocycles. The predicted octanol–water partition coefficient (Wildman–Crippen LogP) is 3.83. The lowest BCUT2D eigenvalue weighted by Gasteiger charge is -1.97. The lowest BCUT2D eigenvalue weighted by atomic mass is 10.1. The highest BCUT2D eigenvalue weighted by Gasteiger charge is 1.88. The van der Waals surface area contributed by atoms with E-state index in [0.29, 0.717) is 0 Å². The summed E-state index contributed by atoms with van der Waals surface area (Å²) < 4.78 is 0. The highest BCUT2D eigenvalue weighted by molar-refractivity contribution is 9.09. The molecule has 0 spiro atoms. The fraction of sp³-hybridized carbons (Fsp3) is 1.00. The monoisotopic (exact) mass is 283 g/mol. The molecule has 0 unspecified atom stereocenters. The molecule has 0 aliphatic carbocycles. The first kappa shape index (κ1) is 17.2. The van der Waals surface area contributed by atoms with Crippen LogP contribution in [0.25, 0.3) is 0 Å². The topological polar surface area (TPSA) is 3.24 Å². The Bertz CT molecular complexity index is 78.6. The van der Waals surface area contributed by atoms with E-state index in [0.717, 1.165) is 5.75 Å². The molecule has 0 aliphatic rings. The number of rotatable bonds is 7. The maximum Gasteiger partial charge on any atom is 0.00313 e. The Morgan fingerprint density at radius 3 is 1.57 bits per heavy atom. The number of thiol groups is 1. The molecule has 0 bridgehead atoms. The van der Waals surface area contributed by atoms with Crippen molar-refractivity contribution in [3.05, 3.63) is 0 Å². The molecule has 0 heterocycles. The van der Waals surface area contributed by atoms with Crippen LogP contribution in [0.1, 0.15) is 38.5 Å². The van der Waals surface area contributed by atoms with Gasteiger partial charge in [0.1, 0.15) is 0 Å². The van der Waals surface area contributed by atoms with Gasteiger partial charge in [0.2, 0.25) is 0 Å². The van der Waals surface area contributed by atoms with Gasteiger partial charge in [0, 0.05) is 5.33 Å². The van der Waals surface area contributed by atoms with E-state index in [1.807, 2.05) is 26.0 Å². The number of unbranched alkanes of at least 4 members (excludes halogenated alkanes) is 5. The summed E-state index contributed by atoms with van der Waals surface area (Å²) in [6.07, 6.45) is 8.18. The van der Waals surface area contributed by atoms with Crippen LogP contribution in [-0.4, -0.2) is 37.1 Å². The zero-order chi connectivity index (χ0) is 11.2. The maximum atomic E-state index is 4.16. The average Bonchev–Trinajstić information content (AvgIpc) is 2.10. The number of hydrogen-bond acceptors (Lipinski definition) is 2. The highest BCUT2D eigenvalue weighted by Crippen LogP contribution is 2.06. The fourth-order valence-electron chi connectivity index (χ4n) is 0.913. The molecular weight excluding hydrogens is 258 g/mol. The van der Waals surface area contributed by atoms with Crippen LogP contribution in [0.3, 0.4) is 0 Å². The van der Waals surface area contributed by atoms with E-state index < -0.39 is 0 Å². The van der Waals surface area contributed by atoms with Crippen LogP contribution in [0, 0.1) is 0 Å². The predicted molar refractivity (Wildman–Crippen MR) is 75.0 cm³/mol. The Hall–Kier alpha value is 0.790. The lowest BCUT2D eigenvalue weighted by molar-refractivity contribution is 0.505. The van der Waals surface area contributed by atoms with Gasteiger partial charge < -0.3 is 4.90 Å². The largest absolute Gasteiger partial charge is 0.312 e. The van der Waals surface area contributed by atoms with Gasteiger partial charge in [0.15, 0.2) is 0 Å². The van der Waals surface area contributed by atoms with Gasteiger partial charge in [-0.1, -0.05) is 41.6 Å². The van der Waals surface area contributed by atoms with Crippen molar-refractivity contribution in [3.8, 4) is 0 Å². The van der Waals surface area contributed by atoms with E-state index in [2.05, 4.69) is 28.6 Å². The summed E-state index contributed by atoms with van der Waals surface area (Å²) in [5.74, 6) is 1.05. The Balaban J connectivity index is 0. The second-order valence-corrected chi connectivity index (χ2v) is 5.12. The van der Waals surface area contributed by atoms with E-state index in [1.165, 1.54) is 43.9 Å². The molecule has 0 amide bonds. The molecule has 0 rings (SSSR count). The molecule has 1 nitrogen and oxygen atoms in total. The molecule has 0 atom stereocenters. The van der Waals surface area contributed by atoms with Crippen molar-refractivity contribution in [2.75, 3.05) is 32.2 Å². The van der Waals surface area contributed by atoms with E-state index in [-0.39, 0.29) is 0 Å². The van der Waals surface area contributed by atoms with Crippen molar-refractivity contribution >= 4 is 28.6 Å². The van der Waals surface area contributed by atoms with E-state index in [1.54, 1.807) is 0 Å². The molecule has 0 aromatic carbocycles. The van der Waals surface area contributed by atoms with Gasteiger partial charge in [-0.25, -0.2) is 0 Å². The summed E-state index contributed by atoms with van der Waals surface area (Å²) in [6.45, 7) is 0. The normalized spacial score (nSPS) is 9.86. The summed E-state index contributed by atoms with van der Waals surface area (Å²) in [7, 11) is 6.00. The minimum atomic E-state index is 1.05. The first-order chi connectivity index (χ1) is 6.65. The van der Waals surface area contributed by atoms with Crippen molar-refractivity contribution < 1.29 is 0 Å². The van der Waals surface area contributed by atoms with Gasteiger partial charge in [-0.15, -0.1) is 0 Å². The van der Waals surface area contributed by atoms with Crippen LogP contribution in [-0.2, 0) is 0 Å². The molecule has 0 radical (unpaired) electrons. The van der Waals surface area contributed by atoms with Crippen molar-refractivity contribution in [1.29, 1.82) is 0 Å². The Morgan fingerprint density at radius 1 is 0.857 bits per heavy atom. The van der Waals surface area contributed by atoms with Gasteiger partial charge in [0.05, 0.1) is 0 Å². The van der Waals surface area contributed by atoms with E-state index in [4.69, 9.17) is 0 Å². The maximum absolute atomic E-state index is 4.16. The van der Waals surface area contributed by atoms with Gasteiger partial charge in [-0.2, -0.15) is 12.6 Å². The lowest BCUT2D eigenvalue weighted by Crippen LogP contribution is -1.99. The van der Waals surface area contributed by atoms with Crippen molar-refractivity contribution in [2.45, 2.75) is 38.5 Å². The highest BCUT2D eigenvalue weighted by atomic mass is 79.9. The van der Waals surface area contributed by atoms with Crippen LogP contribution in [0.2, 0.25) is 0 Å². The molecule has 88 valence electrons. The fourth-order valence-corrected chi connectivity index (χ4v) is 1.53. The minimum absolute atomic E-state index is 1.05. The minimum Gasteiger partial charge on any atom is -0.312 e. The van der Waals surface area contributed by atoms with Crippen LogP contribution >= 0.6 is 28.6 Å². The van der Waals surface area contributed by atoms with E-state index >= 15 is 0 Å². The number of halogens is 1. The SMILES string of the molecule is CN(C)C.SCCCCCCCCBr. The van der Waals surface area contributed by atoms with E-state index in [9.17, 15) is 0 Å². The zero-order valence-electron chi connectivity index (χ0n) is 9.93. The molecule has 3 heteroatoms. The third kappa shape index (κ3) is 29.3. The second-order valence-electron chi connectivity index (χ2n) is 3.88. The molecule has 14 heavy (non-hydrogen) atoms. The standard InChI is InChI=1S/C8H17BrS.C3H9N/c9-7-5-3-1-2-4-6-8-10;1-4(2)3/h10H,1-8H2;1-3H3. The van der Waals surface area contributed by atoms with Crippen LogP contribution in [0.5, 0.6) is 0 Å². The third-order valence-electron chi connectivity index (χ3n) is 1.54. The molecular formula is C11H26BrNS. The Kier molecular flexibility index (Phi) is 19.9. The molecule has 0 N–H and O–H groups in total. The van der Waals surface area contributed by atoms with Gasteiger partial charge in [-0.3, -0.25) is 0 Å². The summed E-state index contributed by atoms with van der Waals surface area (Å²) in [5.41, 5.74) is 0. The van der Waals surface area contributed by atoms with Crippen LogP contribution in [0.15, 0.2) is 0 Å². The summed E-state index contributed by atoms with van der Waals surface area (Å²) >= 11 is 7.58. The second kappa shape index (κ2) is 16.2. The van der Waals surface area contributed by atoms with Gasteiger partial charge in [-0.05, 0) is 39.7 Å². The summed E-state index contributed by atoms with van der Waals surface area (Å²) in [4.78, 5) is 2.00. The Labute approximate surface area is 104 Å². The van der Waals surface area contributed by atoms with Crippen molar-refractivity contribution in [1.82, 2.24) is 4.90 Å². The summed E-state index contributed by atoms with van der Waals surface area (Å²) in [5, 5.41) is 1.17. The number of nitrogens with zero attached hydrogens (tertiary/aromatic N) is 1. The summed E-state index contributed by atoms with van der Waals surface area (Å²) in [6, 6.07) is 0. The molecule has 0 aromatic heterocycles. The van der Waals surface area contributed by atoms with Crippen LogP contribution in [0.4, 0.5) is 0 Å². The quantitative estimate of drug-likeness (QED) is 0.422. The van der Waals surface area contributed by atoms with Gasteiger partial charge >= 0.3 is 0 Å². The van der Waals surface area contributed by atoms with Crippen LogP contribution < -0.4 is 0 Å².